The number of benzene rings is 2. The van der Waals surface area contributed by atoms with Crippen LogP contribution in [-0.2, 0) is 0 Å². The lowest BCUT2D eigenvalue weighted by molar-refractivity contribution is 0.205. The summed E-state index contributed by atoms with van der Waals surface area (Å²) in [5.41, 5.74) is 2.01. The predicted molar refractivity (Wildman–Crippen MR) is 112 cm³/mol. The van der Waals surface area contributed by atoms with Crippen LogP contribution in [0.1, 0.15) is 25.7 Å². The SMILES string of the molecule is c1ccc2nc(Nc3ccc(OCCCN4CCCCC4)cc3)ccc2c1. The second kappa shape index (κ2) is 8.87. The van der Waals surface area contributed by atoms with Crippen molar-refractivity contribution in [3.05, 3.63) is 60.7 Å². The lowest BCUT2D eigenvalue weighted by Crippen LogP contribution is -2.31. The first-order valence-electron chi connectivity index (χ1n) is 9.95. The summed E-state index contributed by atoms with van der Waals surface area (Å²) in [6.45, 7) is 4.43. The molecular formula is C23H27N3O. The minimum absolute atomic E-state index is 0.773. The Kier molecular flexibility index (Phi) is 5.85. The molecule has 1 fully saturated rings. The molecule has 27 heavy (non-hydrogen) atoms. The van der Waals surface area contributed by atoms with Crippen molar-refractivity contribution in [3.63, 3.8) is 0 Å². The van der Waals surface area contributed by atoms with Gasteiger partial charge in [0.25, 0.3) is 0 Å². The van der Waals surface area contributed by atoms with Gasteiger partial charge in [0.1, 0.15) is 11.6 Å². The molecule has 0 spiro atoms. The number of likely N-dealkylation sites (tertiary alicyclic amines) is 1. The van der Waals surface area contributed by atoms with Gasteiger partial charge in [-0.1, -0.05) is 24.6 Å². The van der Waals surface area contributed by atoms with Crippen LogP contribution >= 0.6 is 0 Å². The summed E-state index contributed by atoms with van der Waals surface area (Å²) in [6.07, 6.45) is 5.17. The van der Waals surface area contributed by atoms with Crippen LogP contribution < -0.4 is 10.1 Å². The van der Waals surface area contributed by atoms with E-state index in [2.05, 4.69) is 27.3 Å². The number of nitrogens with zero attached hydrogens (tertiary/aromatic N) is 2. The Morgan fingerprint density at radius 3 is 2.56 bits per heavy atom. The number of aromatic nitrogens is 1. The fraction of sp³-hybridized carbons (Fsp3) is 0.348. The largest absolute Gasteiger partial charge is 0.494 e. The summed E-state index contributed by atoms with van der Waals surface area (Å²) < 4.78 is 5.89. The van der Waals surface area contributed by atoms with Crippen molar-refractivity contribution in [2.24, 2.45) is 0 Å². The van der Waals surface area contributed by atoms with Crippen molar-refractivity contribution < 1.29 is 4.74 Å². The van der Waals surface area contributed by atoms with Crippen LogP contribution in [0.2, 0.25) is 0 Å². The summed E-state index contributed by atoms with van der Waals surface area (Å²) in [7, 11) is 0. The molecule has 0 aliphatic carbocycles. The normalized spacial score (nSPS) is 15.0. The number of anilines is 2. The molecule has 1 N–H and O–H groups in total. The molecule has 1 aliphatic rings. The molecule has 2 aromatic carbocycles. The van der Waals surface area contributed by atoms with Crippen LogP contribution in [-0.4, -0.2) is 36.1 Å². The van der Waals surface area contributed by atoms with Gasteiger partial charge >= 0.3 is 0 Å². The molecule has 0 saturated carbocycles. The first kappa shape index (κ1) is 17.8. The van der Waals surface area contributed by atoms with E-state index in [9.17, 15) is 0 Å². The Morgan fingerprint density at radius 1 is 0.889 bits per heavy atom. The number of fused-ring (bicyclic) bond motifs is 1. The van der Waals surface area contributed by atoms with E-state index >= 15 is 0 Å². The molecule has 4 heteroatoms. The number of rotatable bonds is 7. The van der Waals surface area contributed by atoms with E-state index in [0.29, 0.717) is 0 Å². The molecule has 0 radical (unpaired) electrons. The van der Waals surface area contributed by atoms with E-state index in [1.165, 1.54) is 32.4 Å². The summed E-state index contributed by atoms with van der Waals surface area (Å²) in [5, 5.41) is 4.51. The quantitative estimate of drug-likeness (QED) is 0.585. The second-order valence-corrected chi connectivity index (χ2v) is 7.14. The van der Waals surface area contributed by atoms with E-state index in [1.54, 1.807) is 0 Å². The third kappa shape index (κ3) is 4.98. The number of hydrogen-bond donors (Lipinski definition) is 1. The van der Waals surface area contributed by atoms with Gasteiger partial charge in [0.2, 0.25) is 0 Å². The third-order valence-electron chi connectivity index (χ3n) is 5.06. The average molecular weight is 361 g/mol. The molecule has 4 nitrogen and oxygen atoms in total. The number of pyridine rings is 1. The highest BCUT2D eigenvalue weighted by Gasteiger charge is 2.09. The summed E-state index contributed by atoms with van der Waals surface area (Å²) in [6, 6.07) is 20.4. The minimum Gasteiger partial charge on any atom is -0.494 e. The van der Waals surface area contributed by atoms with Gasteiger partial charge in [-0.2, -0.15) is 0 Å². The Balaban J connectivity index is 1.26. The Morgan fingerprint density at radius 2 is 1.70 bits per heavy atom. The average Bonchev–Trinajstić information content (AvgIpc) is 2.73. The number of para-hydroxylation sites is 1. The molecule has 4 rings (SSSR count). The molecular weight excluding hydrogens is 334 g/mol. The fourth-order valence-corrected chi connectivity index (χ4v) is 3.58. The highest BCUT2D eigenvalue weighted by Crippen LogP contribution is 2.21. The first-order chi connectivity index (χ1) is 13.4. The zero-order valence-electron chi connectivity index (χ0n) is 15.7. The smallest absolute Gasteiger partial charge is 0.131 e. The van der Waals surface area contributed by atoms with Gasteiger partial charge in [-0.25, -0.2) is 4.98 Å². The molecule has 2 heterocycles. The van der Waals surface area contributed by atoms with Gasteiger partial charge < -0.3 is 15.0 Å². The summed E-state index contributed by atoms with van der Waals surface area (Å²) in [5.74, 6) is 1.77. The maximum absolute atomic E-state index is 5.89. The zero-order valence-corrected chi connectivity index (χ0v) is 15.7. The van der Waals surface area contributed by atoms with Gasteiger partial charge in [-0.05, 0) is 74.8 Å². The lowest BCUT2D eigenvalue weighted by atomic mass is 10.1. The van der Waals surface area contributed by atoms with Crippen molar-refractivity contribution in [2.45, 2.75) is 25.7 Å². The van der Waals surface area contributed by atoms with Crippen molar-refractivity contribution in [1.82, 2.24) is 9.88 Å². The highest BCUT2D eigenvalue weighted by molar-refractivity contribution is 5.80. The van der Waals surface area contributed by atoms with Crippen molar-refractivity contribution in [2.75, 3.05) is 31.6 Å². The fourth-order valence-electron chi connectivity index (χ4n) is 3.58. The first-order valence-corrected chi connectivity index (χ1v) is 9.95. The monoisotopic (exact) mass is 361 g/mol. The van der Waals surface area contributed by atoms with Gasteiger partial charge in [0.15, 0.2) is 0 Å². The van der Waals surface area contributed by atoms with E-state index in [1.807, 2.05) is 48.5 Å². The van der Waals surface area contributed by atoms with E-state index in [4.69, 9.17) is 4.74 Å². The number of nitrogens with one attached hydrogen (secondary N) is 1. The van der Waals surface area contributed by atoms with E-state index < -0.39 is 0 Å². The number of hydrogen-bond acceptors (Lipinski definition) is 4. The maximum Gasteiger partial charge on any atom is 0.131 e. The molecule has 1 aromatic heterocycles. The van der Waals surface area contributed by atoms with Gasteiger partial charge in [-0.15, -0.1) is 0 Å². The molecule has 140 valence electrons. The van der Waals surface area contributed by atoms with Crippen LogP contribution in [0.4, 0.5) is 11.5 Å². The molecule has 1 saturated heterocycles. The summed E-state index contributed by atoms with van der Waals surface area (Å²) >= 11 is 0. The van der Waals surface area contributed by atoms with Crippen molar-refractivity contribution in [1.29, 1.82) is 0 Å². The maximum atomic E-state index is 5.89. The zero-order chi connectivity index (χ0) is 18.3. The highest BCUT2D eigenvalue weighted by atomic mass is 16.5. The van der Waals surface area contributed by atoms with Gasteiger partial charge in [-0.3, -0.25) is 0 Å². The van der Waals surface area contributed by atoms with Crippen molar-refractivity contribution >= 4 is 22.4 Å². The Bertz CT molecular complexity index is 857. The van der Waals surface area contributed by atoms with Gasteiger partial charge in [0.05, 0.1) is 12.1 Å². The molecule has 0 amide bonds. The standard InChI is InChI=1S/C23H27N3O/c1-4-15-26(16-5-1)17-6-18-27-21-12-10-20(11-13-21)24-23-14-9-19-7-2-3-8-22(19)25-23/h2-3,7-14H,1,4-6,15-18H2,(H,24,25). The Labute approximate surface area is 161 Å². The van der Waals surface area contributed by atoms with Crippen molar-refractivity contribution in [3.8, 4) is 5.75 Å². The molecule has 1 aliphatic heterocycles. The molecule has 0 atom stereocenters. The predicted octanol–water partition coefficient (Wildman–Crippen LogP) is 5.23. The second-order valence-electron chi connectivity index (χ2n) is 7.14. The van der Waals surface area contributed by atoms with Gasteiger partial charge in [0, 0.05) is 17.6 Å². The minimum atomic E-state index is 0.773. The number of ether oxygens (including phenoxy) is 1. The Hall–Kier alpha value is -2.59. The molecule has 3 aromatic rings. The topological polar surface area (TPSA) is 37.4 Å². The number of piperidine rings is 1. The molecule has 0 bridgehead atoms. The van der Waals surface area contributed by atoms with Crippen LogP contribution in [0, 0.1) is 0 Å². The summed E-state index contributed by atoms with van der Waals surface area (Å²) in [4.78, 5) is 7.20. The third-order valence-corrected chi connectivity index (χ3v) is 5.06. The van der Waals surface area contributed by atoms with Crippen LogP contribution in [0.25, 0.3) is 10.9 Å². The van der Waals surface area contributed by atoms with Crippen LogP contribution in [0.3, 0.4) is 0 Å². The molecule has 0 unspecified atom stereocenters. The van der Waals surface area contributed by atoms with E-state index in [0.717, 1.165) is 47.7 Å². The lowest BCUT2D eigenvalue weighted by Gasteiger charge is -2.26. The van der Waals surface area contributed by atoms with Crippen LogP contribution in [0.5, 0.6) is 5.75 Å². The van der Waals surface area contributed by atoms with E-state index in [-0.39, 0.29) is 0 Å². The van der Waals surface area contributed by atoms with Crippen LogP contribution in [0.15, 0.2) is 60.7 Å².